The largest absolute Gasteiger partial charge is 0.399 e. The Labute approximate surface area is 66.7 Å². The van der Waals surface area contributed by atoms with Crippen LogP contribution in [-0.4, -0.2) is 0 Å². The predicted molar refractivity (Wildman–Crippen MR) is 47.6 cm³/mol. The van der Waals surface area contributed by atoms with Crippen LogP contribution in [0.4, 0.5) is 5.69 Å². The van der Waals surface area contributed by atoms with Crippen molar-refractivity contribution in [3.05, 3.63) is 23.3 Å². The first-order valence-corrected chi connectivity index (χ1v) is 3.61. The summed E-state index contributed by atoms with van der Waals surface area (Å²) >= 11 is 4.30. The maximum absolute atomic E-state index is 5.59. The molecular weight excluding hydrogens is 142 g/mol. The van der Waals surface area contributed by atoms with Crippen molar-refractivity contribution >= 4 is 18.3 Å². The van der Waals surface area contributed by atoms with E-state index in [1.807, 2.05) is 26.0 Å². The second kappa shape index (κ2) is 2.54. The Morgan fingerprint density at radius 1 is 1.20 bits per heavy atom. The molecule has 0 bridgehead atoms. The monoisotopic (exact) mass is 153 g/mol. The molecule has 0 radical (unpaired) electrons. The van der Waals surface area contributed by atoms with Gasteiger partial charge in [0.05, 0.1) is 0 Å². The molecule has 0 unspecified atom stereocenters. The summed E-state index contributed by atoms with van der Waals surface area (Å²) < 4.78 is 0. The zero-order valence-electron chi connectivity index (χ0n) is 6.18. The number of hydrogen-bond donors (Lipinski definition) is 2. The molecule has 0 aliphatic heterocycles. The third-order valence-corrected chi connectivity index (χ3v) is 2.22. The van der Waals surface area contributed by atoms with Crippen LogP contribution in [0.15, 0.2) is 17.0 Å². The van der Waals surface area contributed by atoms with E-state index in [1.54, 1.807) is 0 Å². The highest BCUT2D eigenvalue weighted by atomic mass is 32.1. The molecule has 0 aliphatic carbocycles. The van der Waals surface area contributed by atoms with Crippen molar-refractivity contribution in [2.45, 2.75) is 18.7 Å². The van der Waals surface area contributed by atoms with Crippen LogP contribution in [0.2, 0.25) is 0 Å². The summed E-state index contributed by atoms with van der Waals surface area (Å²) in [6.07, 6.45) is 0. The van der Waals surface area contributed by atoms with Gasteiger partial charge >= 0.3 is 0 Å². The van der Waals surface area contributed by atoms with Crippen LogP contribution >= 0.6 is 12.6 Å². The minimum Gasteiger partial charge on any atom is -0.399 e. The fraction of sp³-hybridized carbons (Fsp3) is 0.250. The van der Waals surface area contributed by atoms with Gasteiger partial charge < -0.3 is 5.73 Å². The lowest BCUT2D eigenvalue weighted by Crippen LogP contribution is -1.89. The Hall–Kier alpha value is -0.630. The molecule has 0 fully saturated rings. The van der Waals surface area contributed by atoms with Crippen molar-refractivity contribution in [3.63, 3.8) is 0 Å². The van der Waals surface area contributed by atoms with E-state index in [2.05, 4.69) is 12.6 Å². The first-order valence-electron chi connectivity index (χ1n) is 3.17. The Kier molecular flexibility index (Phi) is 1.90. The van der Waals surface area contributed by atoms with Gasteiger partial charge in [0.1, 0.15) is 0 Å². The topological polar surface area (TPSA) is 26.0 Å². The van der Waals surface area contributed by atoms with E-state index >= 15 is 0 Å². The van der Waals surface area contributed by atoms with Crippen molar-refractivity contribution in [1.29, 1.82) is 0 Å². The van der Waals surface area contributed by atoms with Gasteiger partial charge in [0.15, 0.2) is 0 Å². The number of thiol groups is 1. The second-order valence-corrected chi connectivity index (χ2v) is 2.95. The highest BCUT2D eigenvalue weighted by Crippen LogP contribution is 2.20. The molecule has 1 aromatic carbocycles. The standard InChI is InChI=1S/C8H11NS/c1-5-3-7(9)4-6(2)8(5)10/h3-4,10H,9H2,1-2H3. The maximum atomic E-state index is 5.59. The Balaban J connectivity index is 3.31. The summed E-state index contributed by atoms with van der Waals surface area (Å²) in [5.41, 5.74) is 8.69. The van der Waals surface area contributed by atoms with Crippen molar-refractivity contribution < 1.29 is 0 Å². The van der Waals surface area contributed by atoms with E-state index in [0.29, 0.717) is 0 Å². The molecule has 0 atom stereocenters. The van der Waals surface area contributed by atoms with Gasteiger partial charge in [-0.25, -0.2) is 0 Å². The molecule has 0 spiro atoms. The van der Waals surface area contributed by atoms with Crippen LogP contribution in [-0.2, 0) is 0 Å². The molecular formula is C8H11NS. The zero-order chi connectivity index (χ0) is 7.72. The van der Waals surface area contributed by atoms with Crippen molar-refractivity contribution in [2.75, 3.05) is 5.73 Å². The van der Waals surface area contributed by atoms with Gasteiger partial charge in [-0.15, -0.1) is 12.6 Å². The third-order valence-electron chi connectivity index (χ3n) is 1.51. The van der Waals surface area contributed by atoms with Crippen LogP contribution in [0.5, 0.6) is 0 Å². The van der Waals surface area contributed by atoms with Gasteiger partial charge in [0.2, 0.25) is 0 Å². The molecule has 0 saturated carbocycles. The number of rotatable bonds is 0. The van der Waals surface area contributed by atoms with Gasteiger partial charge in [0.25, 0.3) is 0 Å². The lowest BCUT2D eigenvalue weighted by atomic mass is 10.1. The molecule has 0 aromatic heterocycles. The van der Waals surface area contributed by atoms with E-state index in [1.165, 1.54) is 0 Å². The number of hydrogen-bond acceptors (Lipinski definition) is 2. The van der Waals surface area contributed by atoms with E-state index < -0.39 is 0 Å². The summed E-state index contributed by atoms with van der Waals surface area (Å²) in [5, 5.41) is 0. The molecule has 0 aliphatic rings. The first-order chi connectivity index (χ1) is 4.61. The Morgan fingerprint density at radius 3 is 2.00 bits per heavy atom. The summed E-state index contributed by atoms with van der Waals surface area (Å²) in [4.78, 5) is 1.04. The number of aryl methyl sites for hydroxylation is 2. The number of nitrogen functional groups attached to an aromatic ring is 1. The Morgan fingerprint density at radius 2 is 1.60 bits per heavy atom. The smallest absolute Gasteiger partial charge is 0.0320 e. The average molecular weight is 153 g/mol. The van der Waals surface area contributed by atoms with Crippen molar-refractivity contribution in [2.24, 2.45) is 0 Å². The molecule has 1 rings (SSSR count). The van der Waals surface area contributed by atoms with Crippen LogP contribution in [0.3, 0.4) is 0 Å². The summed E-state index contributed by atoms with van der Waals surface area (Å²) in [7, 11) is 0. The summed E-state index contributed by atoms with van der Waals surface area (Å²) in [6, 6.07) is 3.85. The minimum atomic E-state index is 0.813. The van der Waals surface area contributed by atoms with E-state index in [9.17, 15) is 0 Å². The van der Waals surface area contributed by atoms with Gasteiger partial charge in [-0.1, -0.05) is 0 Å². The molecule has 2 N–H and O–H groups in total. The predicted octanol–water partition coefficient (Wildman–Crippen LogP) is 2.17. The fourth-order valence-corrected chi connectivity index (χ4v) is 1.12. The Bertz CT molecular complexity index is 232. The average Bonchev–Trinajstić information content (AvgIpc) is 1.82. The minimum absolute atomic E-state index is 0.813. The molecule has 0 heterocycles. The van der Waals surface area contributed by atoms with Crippen LogP contribution in [0, 0.1) is 13.8 Å². The fourth-order valence-electron chi connectivity index (χ4n) is 0.989. The SMILES string of the molecule is Cc1cc(N)cc(C)c1S. The molecule has 1 nitrogen and oxygen atoms in total. The van der Waals surface area contributed by atoms with Crippen LogP contribution in [0.1, 0.15) is 11.1 Å². The zero-order valence-corrected chi connectivity index (χ0v) is 7.07. The highest BCUT2D eigenvalue weighted by molar-refractivity contribution is 7.80. The highest BCUT2D eigenvalue weighted by Gasteiger charge is 1.97. The van der Waals surface area contributed by atoms with Gasteiger partial charge in [-0.2, -0.15) is 0 Å². The first kappa shape index (κ1) is 7.48. The second-order valence-electron chi connectivity index (χ2n) is 2.50. The summed E-state index contributed by atoms with van der Waals surface area (Å²) in [5.74, 6) is 0. The van der Waals surface area contributed by atoms with E-state index in [0.717, 1.165) is 21.7 Å². The number of nitrogens with two attached hydrogens (primary N) is 1. The van der Waals surface area contributed by atoms with E-state index in [4.69, 9.17) is 5.73 Å². The quantitative estimate of drug-likeness (QED) is 0.433. The van der Waals surface area contributed by atoms with Crippen LogP contribution < -0.4 is 5.73 Å². The van der Waals surface area contributed by atoms with Crippen molar-refractivity contribution in [3.8, 4) is 0 Å². The van der Waals surface area contributed by atoms with Gasteiger partial charge in [-0.05, 0) is 37.1 Å². The molecule has 10 heavy (non-hydrogen) atoms. The molecule has 1 aromatic rings. The molecule has 0 saturated heterocycles. The third kappa shape index (κ3) is 1.27. The number of benzene rings is 1. The van der Waals surface area contributed by atoms with E-state index in [-0.39, 0.29) is 0 Å². The van der Waals surface area contributed by atoms with Crippen molar-refractivity contribution in [1.82, 2.24) is 0 Å². The lowest BCUT2D eigenvalue weighted by Gasteiger charge is -2.03. The number of anilines is 1. The lowest BCUT2D eigenvalue weighted by molar-refractivity contribution is 1.23. The molecule has 0 amide bonds. The van der Waals surface area contributed by atoms with Gasteiger partial charge in [-0.3, -0.25) is 0 Å². The van der Waals surface area contributed by atoms with Crippen LogP contribution in [0.25, 0.3) is 0 Å². The normalized spacial score (nSPS) is 9.90. The summed E-state index contributed by atoms with van der Waals surface area (Å²) in [6.45, 7) is 4.01. The maximum Gasteiger partial charge on any atom is 0.0320 e. The van der Waals surface area contributed by atoms with Gasteiger partial charge in [0, 0.05) is 10.6 Å². The molecule has 2 heteroatoms. The molecule has 54 valence electrons.